The van der Waals surface area contributed by atoms with Gasteiger partial charge in [-0.15, -0.1) is 0 Å². The summed E-state index contributed by atoms with van der Waals surface area (Å²) in [6.07, 6.45) is 7.67. The van der Waals surface area contributed by atoms with E-state index in [1.54, 1.807) is 6.20 Å². The van der Waals surface area contributed by atoms with Crippen molar-refractivity contribution in [1.82, 2.24) is 30.4 Å². The van der Waals surface area contributed by atoms with Crippen molar-refractivity contribution in [3.8, 4) is 0 Å². The number of carbonyl (C=O) groups excluding carboxylic acids is 2. The number of hydrogen-bond acceptors (Lipinski definition) is 6. The van der Waals surface area contributed by atoms with Crippen molar-refractivity contribution in [3.63, 3.8) is 0 Å². The summed E-state index contributed by atoms with van der Waals surface area (Å²) in [5.74, 6) is -0.195. The summed E-state index contributed by atoms with van der Waals surface area (Å²) in [7, 11) is 0. The number of benzene rings is 3. The molecule has 2 aliphatic heterocycles. The molecule has 0 saturated carbocycles. The predicted octanol–water partition coefficient (Wildman–Crippen LogP) is 3.81. The molecule has 1 fully saturated rings. The number of nitrogens with one attached hydrogen (secondary N) is 3. The van der Waals surface area contributed by atoms with Gasteiger partial charge in [0.25, 0.3) is 0 Å². The molecule has 2 atom stereocenters. The Hall–Kier alpha value is -4.18. The molecule has 1 aromatic heterocycles. The van der Waals surface area contributed by atoms with Crippen molar-refractivity contribution in [1.29, 1.82) is 0 Å². The third kappa shape index (κ3) is 8.15. The molecule has 3 N–H and O–H groups in total. The summed E-state index contributed by atoms with van der Waals surface area (Å²) in [4.78, 5) is 35.9. The van der Waals surface area contributed by atoms with E-state index in [2.05, 4.69) is 66.8 Å². The summed E-state index contributed by atoms with van der Waals surface area (Å²) >= 11 is 6.13. The third-order valence-electron chi connectivity index (χ3n) is 8.93. The number of fused-ring (bicyclic) bond motifs is 1. The highest BCUT2D eigenvalue weighted by atomic mass is 35.5. The van der Waals surface area contributed by atoms with E-state index in [9.17, 15) is 9.59 Å². The summed E-state index contributed by atoms with van der Waals surface area (Å²) in [5, 5.41) is 10.7. The van der Waals surface area contributed by atoms with Crippen molar-refractivity contribution in [2.24, 2.45) is 0 Å². The van der Waals surface area contributed by atoms with Crippen LogP contribution in [0.3, 0.4) is 0 Å². The van der Waals surface area contributed by atoms with Crippen LogP contribution in [0, 0.1) is 0 Å². The number of hydrogen-bond donors (Lipinski definition) is 3. The Balaban J connectivity index is 1.06. The molecule has 0 unspecified atom stereocenters. The number of imidazole rings is 1. The highest BCUT2D eigenvalue weighted by Crippen LogP contribution is 2.23. The zero-order chi connectivity index (χ0) is 31.7. The van der Waals surface area contributed by atoms with Gasteiger partial charge >= 0.3 is 0 Å². The van der Waals surface area contributed by atoms with Gasteiger partial charge in [0.15, 0.2) is 0 Å². The molecule has 3 heterocycles. The average Bonchev–Trinajstić information content (AvgIpc) is 3.62. The van der Waals surface area contributed by atoms with Gasteiger partial charge < -0.3 is 30.3 Å². The van der Waals surface area contributed by atoms with E-state index >= 15 is 0 Å². The summed E-state index contributed by atoms with van der Waals surface area (Å²) in [5.41, 5.74) is 5.78. The fraction of sp³-hybridized carbons (Fsp3) is 0.361. The topological polar surface area (TPSA) is 94.5 Å². The van der Waals surface area contributed by atoms with E-state index < -0.39 is 6.04 Å². The van der Waals surface area contributed by atoms with Gasteiger partial charge in [-0.1, -0.05) is 66.2 Å². The van der Waals surface area contributed by atoms with Crippen molar-refractivity contribution in [2.45, 2.75) is 51.0 Å². The molecule has 46 heavy (non-hydrogen) atoms. The second-order valence-electron chi connectivity index (χ2n) is 12.1. The summed E-state index contributed by atoms with van der Waals surface area (Å²) in [6.45, 7) is 5.91. The molecule has 0 radical (unpaired) electrons. The smallest absolute Gasteiger partial charge is 0.245 e. The number of nitrogens with zero attached hydrogens (tertiary/aromatic N) is 4. The van der Waals surface area contributed by atoms with Gasteiger partial charge in [0, 0.05) is 75.3 Å². The van der Waals surface area contributed by atoms with Crippen LogP contribution in [-0.4, -0.2) is 71.1 Å². The number of aryl methyl sites for hydroxylation is 1. The number of para-hydroxylation sites is 1. The minimum Gasteiger partial charge on any atom is -0.368 e. The molecule has 6 rings (SSSR count). The Morgan fingerprint density at radius 1 is 0.957 bits per heavy atom. The van der Waals surface area contributed by atoms with E-state index in [0.29, 0.717) is 37.5 Å². The van der Waals surface area contributed by atoms with Gasteiger partial charge in [0.2, 0.25) is 11.8 Å². The van der Waals surface area contributed by atoms with Crippen molar-refractivity contribution in [2.75, 3.05) is 37.6 Å². The highest BCUT2D eigenvalue weighted by Gasteiger charge is 2.32. The Labute approximate surface area is 275 Å². The van der Waals surface area contributed by atoms with Crippen LogP contribution < -0.4 is 20.9 Å². The number of carbonyl (C=O) groups is 2. The highest BCUT2D eigenvalue weighted by molar-refractivity contribution is 6.30. The van der Waals surface area contributed by atoms with Crippen LogP contribution in [0.25, 0.3) is 0 Å². The van der Waals surface area contributed by atoms with Crippen LogP contribution in [0.5, 0.6) is 0 Å². The maximum atomic E-state index is 14.0. The number of anilines is 1. The number of rotatable bonds is 12. The average molecular weight is 640 g/mol. The zero-order valence-electron chi connectivity index (χ0n) is 26.1. The lowest BCUT2D eigenvalue weighted by atomic mass is 9.95. The van der Waals surface area contributed by atoms with E-state index in [1.807, 2.05) is 53.8 Å². The van der Waals surface area contributed by atoms with E-state index in [4.69, 9.17) is 11.6 Å². The first kappa shape index (κ1) is 31.8. The quantitative estimate of drug-likeness (QED) is 0.204. The van der Waals surface area contributed by atoms with Crippen LogP contribution in [0.4, 0.5) is 5.69 Å². The molecule has 4 aromatic rings. The minimum atomic E-state index is -0.669. The van der Waals surface area contributed by atoms with Gasteiger partial charge in [-0.25, -0.2) is 4.98 Å². The van der Waals surface area contributed by atoms with Crippen LogP contribution in [0.2, 0.25) is 5.02 Å². The molecule has 2 aliphatic rings. The second-order valence-corrected chi connectivity index (χ2v) is 12.5. The standard InChI is InChI=1S/C36H42ClN7O2/c37-31-12-10-27(11-13-31)22-33(41-35(45)32-23-28-6-1-2-7-29(28)25-40-32)36(46)44-20-18-43(19-21-44)34-9-4-3-8-30(34)24-38-14-5-16-42-17-15-39-26-42/h1-4,6-13,15,17,26,32-33,38,40H,5,14,16,18-25H2,(H,41,45)/t32-,33-/m1/s1. The molecule has 1 saturated heterocycles. The molecular formula is C36H42ClN7O2. The normalized spacial score (nSPS) is 16.9. The lowest BCUT2D eigenvalue weighted by Crippen LogP contribution is -2.58. The Kier molecular flexibility index (Phi) is 10.6. The molecule has 0 aliphatic carbocycles. The minimum absolute atomic E-state index is 0.0491. The molecule has 0 spiro atoms. The van der Waals surface area contributed by atoms with Gasteiger partial charge in [0.1, 0.15) is 6.04 Å². The largest absolute Gasteiger partial charge is 0.368 e. The monoisotopic (exact) mass is 639 g/mol. The first-order chi connectivity index (χ1) is 22.5. The van der Waals surface area contributed by atoms with Crippen LogP contribution in [0.15, 0.2) is 91.5 Å². The Morgan fingerprint density at radius 3 is 2.50 bits per heavy atom. The maximum absolute atomic E-state index is 14.0. The second kappa shape index (κ2) is 15.4. The van der Waals surface area contributed by atoms with Crippen molar-refractivity contribution >= 4 is 29.1 Å². The SMILES string of the molecule is O=C(N[C@H](Cc1ccc(Cl)cc1)C(=O)N1CCN(c2ccccc2CNCCCn2ccnc2)CC1)[C@H]1Cc2ccccc2CN1. The third-order valence-corrected chi connectivity index (χ3v) is 9.19. The fourth-order valence-electron chi connectivity index (χ4n) is 6.35. The molecule has 0 bridgehead atoms. The number of piperazine rings is 1. The van der Waals surface area contributed by atoms with Gasteiger partial charge in [0.05, 0.1) is 12.4 Å². The first-order valence-electron chi connectivity index (χ1n) is 16.2. The van der Waals surface area contributed by atoms with E-state index in [1.165, 1.54) is 22.4 Å². The molecule has 2 amide bonds. The number of amides is 2. The van der Waals surface area contributed by atoms with Crippen molar-refractivity contribution < 1.29 is 9.59 Å². The van der Waals surface area contributed by atoms with Gasteiger partial charge in [-0.2, -0.15) is 0 Å². The lowest BCUT2D eigenvalue weighted by Gasteiger charge is -2.38. The predicted molar refractivity (Wildman–Crippen MR) is 182 cm³/mol. The van der Waals surface area contributed by atoms with Gasteiger partial charge in [-0.05, 0) is 59.8 Å². The van der Waals surface area contributed by atoms with Crippen molar-refractivity contribution in [3.05, 3.63) is 119 Å². The fourth-order valence-corrected chi connectivity index (χ4v) is 6.48. The molecule has 240 valence electrons. The zero-order valence-corrected chi connectivity index (χ0v) is 26.8. The first-order valence-corrected chi connectivity index (χ1v) is 16.5. The van der Waals surface area contributed by atoms with E-state index in [-0.39, 0.29) is 17.9 Å². The van der Waals surface area contributed by atoms with E-state index in [0.717, 1.165) is 44.7 Å². The summed E-state index contributed by atoms with van der Waals surface area (Å²) in [6, 6.07) is 23.1. The molecular weight excluding hydrogens is 598 g/mol. The Bertz CT molecular complexity index is 1590. The summed E-state index contributed by atoms with van der Waals surface area (Å²) < 4.78 is 2.09. The Morgan fingerprint density at radius 2 is 1.72 bits per heavy atom. The molecule has 10 heteroatoms. The maximum Gasteiger partial charge on any atom is 0.245 e. The van der Waals surface area contributed by atoms with Gasteiger partial charge in [-0.3, -0.25) is 9.59 Å². The number of halogens is 1. The molecule has 9 nitrogen and oxygen atoms in total. The number of aromatic nitrogens is 2. The molecule has 3 aromatic carbocycles. The lowest BCUT2D eigenvalue weighted by molar-refractivity contribution is -0.137. The van der Waals surface area contributed by atoms with Crippen LogP contribution >= 0.6 is 11.6 Å². The van der Waals surface area contributed by atoms with Crippen LogP contribution in [-0.2, 0) is 42.1 Å². The van der Waals surface area contributed by atoms with Crippen LogP contribution in [0.1, 0.15) is 28.7 Å².